The number of nitrogens with one attached hydrogen (secondary N) is 1. The van der Waals surface area contributed by atoms with E-state index in [9.17, 15) is 9.59 Å². The first kappa shape index (κ1) is 16.8. The summed E-state index contributed by atoms with van der Waals surface area (Å²) in [5.41, 5.74) is 6.34. The molecule has 6 nitrogen and oxygen atoms in total. The summed E-state index contributed by atoms with van der Waals surface area (Å²) in [6.07, 6.45) is 1.68. The van der Waals surface area contributed by atoms with Crippen molar-refractivity contribution in [2.24, 2.45) is 0 Å². The summed E-state index contributed by atoms with van der Waals surface area (Å²) in [6, 6.07) is 4.68. The van der Waals surface area contributed by atoms with E-state index in [4.69, 9.17) is 15.2 Å². The molecule has 0 radical (unpaired) electrons. The molecule has 0 aliphatic heterocycles. The number of methoxy groups -OCH3 is 1. The lowest BCUT2D eigenvalue weighted by Gasteiger charge is -2.14. The number of benzene rings is 1. The van der Waals surface area contributed by atoms with Gasteiger partial charge in [0, 0.05) is 6.04 Å². The van der Waals surface area contributed by atoms with Crippen LogP contribution in [0.25, 0.3) is 0 Å². The Balaban J connectivity index is 2.54. The van der Waals surface area contributed by atoms with E-state index in [0.717, 1.165) is 12.8 Å². The normalized spacial score (nSPS) is 10.3. The van der Waals surface area contributed by atoms with E-state index in [2.05, 4.69) is 5.32 Å². The molecule has 0 bridgehead atoms. The Bertz CT molecular complexity index is 498. The van der Waals surface area contributed by atoms with Gasteiger partial charge in [0.05, 0.1) is 18.4 Å². The van der Waals surface area contributed by atoms with E-state index in [1.807, 2.05) is 13.8 Å². The Labute approximate surface area is 124 Å². The second-order valence-electron chi connectivity index (χ2n) is 4.61. The van der Waals surface area contributed by atoms with Crippen LogP contribution in [0.3, 0.4) is 0 Å². The summed E-state index contributed by atoms with van der Waals surface area (Å²) >= 11 is 0. The molecular weight excluding hydrogens is 272 g/mol. The van der Waals surface area contributed by atoms with Crippen LogP contribution in [0.15, 0.2) is 18.2 Å². The third-order valence-electron chi connectivity index (χ3n) is 3.15. The van der Waals surface area contributed by atoms with Gasteiger partial charge >= 0.3 is 5.97 Å². The van der Waals surface area contributed by atoms with Gasteiger partial charge in [0.15, 0.2) is 6.61 Å². The van der Waals surface area contributed by atoms with Crippen molar-refractivity contribution >= 4 is 17.6 Å². The molecule has 116 valence electrons. The second kappa shape index (κ2) is 8.14. The first-order valence-electron chi connectivity index (χ1n) is 6.91. The van der Waals surface area contributed by atoms with Crippen LogP contribution in [0.2, 0.25) is 0 Å². The van der Waals surface area contributed by atoms with Gasteiger partial charge in [-0.25, -0.2) is 4.79 Å². The minimum absolute atomic E-state index is 0.104. The number of hydrogen-bond acceptors (Lipinski definition) is 5. The molecule has 1 aromatic carbocycles. The minimum Gasteiger partial charge on any atom is -0.495 e. The van der Waals surface area contributed by atoms with E-state index < -0.39 is 5.97 Å². The number of amides is 1. The highest BCUT2D eigenvalue weighted by Crippen LogP contribution is 2.22. The Morgan fingerprint density at radius 3 is 2.48 bits per heavy atom. The average molecular weight is 294 g/mol. The Morgan fingerprint density at radius 2 is 1.95 bits per heavy atom. The lowest BCUT2D eigenvalue weighted by molar-refractivity contribution is -0.125. The summed E-state index contributed by atoms with van der Waals surface area (Å²) in [6.45, 7) is 3.67. The van der Waals surface area contributed by atoms with E-state index in [0.29, 0.717) is 11.4 Å². The number of anilines is 1. The number of ether oxygens (including phenoxy) is 2. The van der Waals surface area contributed by atoms with E-state index >= 15 is 0 Å². The molecule has 0 aliphatic rings. The van der Waals surface area contributed by atoms with Gasteiger partial charge in [0.1, 0.15) is 5.75 Å². The first-order chi connectivity index (χ1) is 10.0. The number of esters is 1. The van der Waals surface area contributed by atoms with E-state index in [1.165, 1.54) is 19.2 Å². The number of rotatable bonds is 7. The largest absolute Gasteiger partial charge is 0.495 e. The number of hydrogen-bond donors (Lipinski definition) is 2. The first-order valence-corrected chi connectivity index (χ1v) is 6.91. The Morgan fingerprint density at radius 1 is 1.29 bits per heavy atom. The van der Waals surface area contributed by atoms with Crippen molar-refractivity contribution in [2.45, 2.75) is 32.7 Å². The molecule has 1 amide bonds. The third-order valence-corrected chi connectivity index (χ3v) is 3.15. The molecule has 3 N–H and O–H groups in total. The summed E-state index contributed by atoms with van der Waals surface area (Å²) < 4.78 is 9.97. The van der Waals surface area contributed by atoms with Gasteiger partial charge in [-0.3, -0.25) is 4.79 Å². The lowest BCUT2D eigenvalue weighted by Crippen LogP contribution is -2.36. The molecular formula is C15H22N2O4. The van der Waals surface area contributed by atoms with Crippen LogP contribution in [0.5, 0.6) is 5.75 Å². The molecule has 0 aliphatic carbocycles. The fourth-order valence-electron chi connectivity index (χ4n) is 1.84. The van der Waals surface area contributed by atoms with Crippen LogP contribution in [0.1, 0.15) is 37.0 Å². The zero-order valence-corrected chi connectivity index (χ0v) is 12.6. The highest BCUT2D eigenvalue weighted by Gasteiger charge is 2.13. The highest BCUT2D eigenvalue weighted by atomic mass is 16.5. The maximum Gasteiger partial charge on any atom is 0.338 e. The highest BCUT2D eigenvalue weighted by molar-refractivity contribution is 5.92. The van der Waals surface area contributed by atoms with Crippen LogP contribution in [-0.4, -0.2) is 31.6 Å². The number of nitrogen functional groups attached to an aromatic ring is 1. The fraction of sp³-hybridized carbons (Fsp3) is 0.467. The molecule has 21 heavy (non-hydrogen) atoms. The van der Waals surface area contributed by atoms with E-state index in [1.54, 1.807) is 6.07 Å². The molecule has 0 saturated heterocycles. The molecule has 1 aromatic rings. The summed E-state index contributed by atoms with van der Waals surface area (Å²) in [7, 11) is 1.49. The maximum absolute atomic E-state index is 11.8. The minimum atomic E-state index is -0.593. The van der Waals surface area contributed by atoms with Crippen LogP contribution in [0.4, 0.5) is 5.69 Å². The predicted octanol–water partition coefficient (Wildman–Crippen LogP) is 1.74. The number of carbonyl (C=O) groups is 2. The Hall–Kier alpha value is -2.24. The van der Waals surface area contributed by atoms with Crippen molar-refractivity contribution in [3.63, 3.8) is 0 Å². The standard InChI is InChI=1S/C15H22N2O4/c1-4-11(5-2)17-14(18)9-21-15(19)10-6-7-13(20-3)12(16)8-10/h6-8,11H,4-5,9,16H2,1-3H3,(H,17,18). The van der Waals surface area contributed by atoms with Gasteiger partial charge in [-0.2, -0.15) is 0 Å². The quantitative estimate of drug-likeness (QED) is 0.590. The van der Waals surface area contributed by atoms with E-state index in [-0.39, 0.29) is 24.1 Å². The molecule has 0 saturated carbocycles. The van der Waals surface area contributed by atoms with Crippen molar-refractivity contribution in [2.75, 3.05) is 19.5 Å². The average Bonchev–Trinajstić information content (AvgIpc) is 2.50. The second-order valence-corrected chi connectivity index (χ2v) is 4.61. The van der Waals surface area contributed by atoms with Gasteiger partial charge in [0.25, 0.3) is 5.91 Å². The smallest absolute Gasteiger partial charge is 0.338 e. The van der Waals surface area contributed by atoms with Gasteiger partial charge in [0.2, 0.25) is 0 Å². The van der Waals surface area contributed by atoms with Gasteiger partial charge in [-0.15, -0.1) is 0 Å². The van der Waals surface area contributed by atoms with Crippen LogP contribution in [-0.2, 0) is 9.53 Å². The van der Waals surface area contributed by atoms with Crippen molar-refractivity contribution in [1.82, 2.24) is 5.32 Å². The monoisotopic (exact) mass is 294 g/mol. The summed E-state index contributed by atoms with van der Waals surface area (Å²) in [5, 5.41) is 2.79. The number of carbonyl (C=O) groups excluding carboxylic acids is 2. The summed E-state index contributed by atoms with van der Waals surface area (Å²) in [5.74, 6) is -0.416. The van der Waals surface area contributed by atoms with Crippen molar-refractivity contribution in [3.8, 4) is 5.75 Å². The number of nitrogens with two attached hydrogens (primary N) is 1. The molecule has 6 heteroatoms. The van der Waals surface area contributed by atoms with Crippen LogP contribution >= 0.6 is 0 Å². The Kier molecular flexibility index (Phi) is 6.52. The molecule has 0 spiro atoms. The van der Waals surface area contributed by atoms with Gasteiger partial charge < -0.3 is 20.5 Å². The zero-order chi connectivity index (χ0) is 15.8. The zero-order valence-electron chi connectivity index (χ0n) is 12.6. The third kappa shape index (κ3) is 4.98. The van der Waals surface area contributed by atoms with Crippen LogP contribution < -0.4 is 15.8 Å². The van der Waals surface area contributed by atoms with Gasteiger partial charge in [-0.05, 0) is 31.0 Å². The molecule has 0 atom stereocenters. The molecule has 1 rings (SSSR count). The molecule has 0 heterocycles. The SMILES string of the molecule is CCC(CC)NC(=O)COC(=O)c1ccc(OC)c(N)c1. The fourth-order valence-corrected chi connectivity index (χ4v) is 1.84. The predicted molar refractivity (Wildman–Crippen MR) is 80.2 cm³/mol. The molecule has 0 fully saturated rings. The molecule has 0 unspecified atom stereocenters. The van der Waals surface area contributed by atoms with Crippen molar-refractivity contribution in [1.29, 1.82) is 0 Å². The van der Waals surface area contributed by atoms with Crippen LogP contribution in [0, 0.1) is 0 Å². The van der Waals surface area contributed by atoms with Crippen molar-refractivity contribution in [3.05, 3.63) is 23.8 Å². The topological polar surface area (TPSA) is 90.6 Å². The van der Waals surface area contributed by atoms with Gasteiger partial charge in [-0.1, -0.05) is 13.8 Å². The maximum atomic E-state index is 11.8. The lowest BCUT2D eigenvalue weighted by atomic mass is 10.2. The van der Waals surface area contributed by atoms with Crippen molar-refractivity contribution < 1.29 is 19.1 Å². The summed E-state index contributed by atoms with van der Waals surface area (Å²) in [4.78, 5) is 23.5. The molecule has 0 aromatic heterocycles.